The Labute approximate surface area is 138 Å². The molecule has 0 fully saturated rings. The van der Waals surface area contributed by atoms with Crippen LogP contribution in [0.15, 0.2) is 46.2 Å². The van der Waals surface area contributed by atoms with E-state index in [1.165, 1.54) is 17.8 Å². The van der Waals surface area contributed by atoms with Gasteiger partial charge in [0.1, 0.15) is 5.82 Å². The molecular weight excluding hydrogens is 328 g/mol. The van der Waals surface area contributed by atoms with Crippen molar-refractivity contribution >= 4 is 35.0 Å². The molecule has 0 aliphatic heterocycles. The summed E-state index contributed by atoms with van der Waals surface area (Å²) in [4.78, 5) is 1.66. The average molecular weight is 344 g/mol. The molecule has 0 saturated heterocycles. The molecule has 2 aromatic rings. The molecule has 0 aromatic heterocycles. The Kier molecular flexibility index (Phi) is 5.94. The van der Waals surface area contributed by atoms with Gasteiger partial charge in [0.25, 0.3) is 0 Å². The number of benzene rings is 2. The topological polar surface area (TPSA) is 12.0 Å². The number of hydrogen-bond donors (Lipinski definition) is 1. The van der Waals surface area contributed by atoms with E-state index in [1.54, 1.807) is 24.3 Å². The molecule has 5 heteroatoms. The van der Waals surface area contributed by atoms with Gasteiger partial charge in [-0.15, -0.1) is 0 Å². The van der Waals surface area contributed by atoms with Crippen LogP contribution in [0.5, 0.6) is 0 Å². The molecule has 0 saturated carbocycles. The van der Waals surface area contributed by atoms with E-state index in [2.05, 4.69) is 5.32 Å². The van der Waals surface area contributed by atoms with Gasteiger partial charge in [0, 0.05) is 26.4 Å². The van der Waals surface area contributed by atoms with Crippen LogP contribution in [0.3, 0.4) is 0 Å². The lowest BCUT2D eigenvalue weighted by Gasteiger charge is -2.18. The van der Waals surface area contributed by atoms with Crippen LogP contribution in [0, 0.1) is 5.82 Å². The first-order chi connectivity index (χ1) is 10.0. The standard InChI is InChI=1S/C16H16Cl2FNS/c1-3-20-10(2)16-13(19)5-4-6-14(16)21-15-9-11(17)7-8-12(15)18/h4-10,20H,3H2,1-2H3. The Hall–Kier alpha value is -0.740. The van der Waals surface area contributed by atoms with E-state index in [4.69, 9.17) is 23.2 Å². The lowest BCUT2D eigenvalue weighted by molar-refractivity contribution is 0.531. The molecule has 0 amide bonds. The molecule has 1 nitrogen and oxygen atoms in total. The van der Waals surface area contributed by atoms with Gasteiger partial charge in [0.05, 0.1) is 5.02 Å². The van der Waals surface area contributed by atoms with Crippen molar-refractivity contribution in [3.05, 3.63) is 57.8 Å². The molecule has 21 heavy (non-hydrogen) atoms. The van der Waals surface area contributed by atoms with E-state index in [0.29, 0.717) is 15.6 Å². The van der Waals surface area contributed by atoms with Crippen LogP contribution in [0.2, 0.25) is 10.0 Å². The molecule has 1 unspecified atom stereocenters. The van der Waals surface area contributed by atoms with Crippen molar-refractivity contribution in [2.75, 3.05) is 6.54 Å². The quantitative estimate of drug-likeness (QED) is 0.719. The molecule has 0 bridgehead atoms. The molecule has 112 valence electrons. The maximum absolute atomic E-state index is 14.2. The van der Waals surface area contributed by atoms with Crippen LogP contribution in [0.4, 0.5) is 4.39 Å². The Morgan fingerprint density at radius 2 is 1.95 bits per heavy atom. The minimum atomic E-state index is -0.216. The van der Waals surface area contributed by atoms with Crippen molar-refractivity contribution in [1.29, 1.82) is 0 Å². The zero-order valence-electron chi connectivity index (χ0n) is 11.8. The summed E-state index contributed by atoms with van der Waals surface area (Å²) in [6, 6.07) is 10.3. The van der Waals surface area contributed by atoms with Crippen LogP contribution in [0.25, 0.3) is 0 Å². The van der Waals surface area contributed by atoms with E-state index in [-0.39, 0.29) is 11.9 Å². The molecule has 0 spiro atoms. The van der Waals surface area contributed by atoms with Crippen molar-refractivity contribution in [1.82, 2.24) is 5.32 Å². The fraction of sp³-hybridized carbons (Fsp3) is 0.250. The van der Waals surface area contributed by atoms with Crippen molar-refractivity contribution in [2.24, 2.45) is 0 Å². The second kappa shape index (κ2) is 7.50. The van der Waals surface area contributed by atoms with Crippen LogP contribution in [-0.2, 0) is 0 Å². The Morgan fingerprint density at radius 3 is 2.67 bits per heavy atom. The molecule has 1 N–H and O–H groups in total. The molecule has 2 rings (SSSR count). The van der Waals surface area contributed by atoms with Gasteiger partial charge >= 0.3 is 0 Å². The smallest absolute Gasteiger partial charge is 0.129 e. The van der Waals surface area contributed by atoms with Crippen molar-refractivity contribution in [2.45, 2.75) is 29.7 Å². The number of hydrogen-bond acceptors (Lipinski definition) is 2. The van der Waals surface area contributed by atoms with Gasteiger partial charge in [0.15, 0.2) is 0 Å². The third kappa shape index (κ3) is 4.13. The zero-order valence-corrected chi connectivity index (χ0v) is 14.1. The second-order valence-electron chi connectivity index (χ2n) is 4.61. The lowest BCUT2D eigenvalue weighted by Crippen LogP contribution is -2.19. The highest BCUT2D eigenvalue weighted by molar-refractivity contribution is 7.99. The minimum Gasteiger partial charge on any atom is -0.310 e. The summed E-state index contributed by atoms with van der Waals surface area (Å²) >= 11 is 13.6. The summed E-state index contributed by atoms with van der Waals surface area (Å²) in [6.07, 6.45) is 0. The molecule has 1 atom stereocenters. The van der Waals surface area contributed by atoms with E-state index in [1.807, 2.05) is 19.9 Å². The van der Waals surface area contributed by atoms with E-state index in [0.717, 1.165) is 16.3 Å². The third-order valence-corrected chi connectivity index (χ3v) is 4.88. The first kappa shape index (κ1) is 16.6. The Bertz CT molecular complexity index is 634. The summed E-state index contributed by atoms with van der Waals surface area (Å²) in [5, 5.41) is 4.46. The minimum absolute atomic E-state index is 0.0725. The lowest BCUT2D eigenvalue weighted by atomic mass is 10.1. The predicted octanol–water partition coefficient (Wildman–Crippen LogP) is 5.95. The number of nitrogens with one attached hydrogen (secondary N) is 1. The third-order valence-electron chi connectivity index (χ3n) is 3.07. The van der Waals surface area contributed by atoms with Gasteiger partial charge in [-0.2, -0.15) is 0 Å². The van der Waals surface area contributed by atoms with Gasteiger partial charge in [-0.05, 0) is 43.8 Å². The van der Waals surface area contributed by atoms with Crippen molar-refractivity contribution in [3.8, 4) is 0 Å². The van der Waals surface area contributed by atoms with Crippen LogP contribution in [0.1, 0.15) is 25.5 Å². The largest absolute Gasteiger partial charge is 0.310 e. The monoisotopic (exact) mass is 343 g/mol. The van der Waals surface area contributed by atoms with Crippen LogP contribution < -0.4 is 5.32 Å². The predicted molar refractivity (Wildman–Crippen MR) is 89.1 cm³/mol. The molecule has 0 aliphatic carbocycles. The number of rotatable bonds is 5. The van der Waals surface area contributed by atoms with Crippen LogP contribution >= 0.6 is 35.0 Å². The van der Waals surface area contributed by atoms with Gasteiger partial charge < -0.3 is 5.32 Å². The number of halogens is 3. The Balaban J connectivity index is 2.40. The van der Waals surface area contributed by atoms with Gasteiger partial charge in [0.2, 0.25) is 0 Å². The van der Waals surface area contributed by atoms with Gasteiger partial charge in [-0.3, -0.25) is 0 Å². The summed E-state index contributed by atoms with van der Waals surface area (Å²) in [5.41, 5.74) is 0.653. The molecule has 2 aromatic carbocycles. The van der Waals surface area contributed by atoms with E-state index in [9.17, 15) is 4.39 Å². The molecular formula is C16H16Cl2FNS. The van der Waals surface area contributed by atoms with Gasteiger partial charge in [-0.1, -0.05) is 48.0 Å². The maximum Gasteiger partial charge on any atom is 0.129 e. The first-order valence-corrected chi connectivity index (χ1v) is 8.25. The summed E-state index contributed by atoms with van der Waals surface area (Å²) in [5.74, 6) is -0.216. The highest BCUT2D eigenvalue weighted by Crippen LogP contribution is 2.39. The molecule has 0 aliphatic rings. The maximum atomic E-state index is 14.2. The normalized spacial score (nSPS) is 12.4. The van der Waals surface area contributed by atoms with Crippen LogP contribution in [-0.4, -0.2) is 6.54 Å². The highest BCUT2D eigenvalue weighted by Gasteiger charge is 2.16. The van der Waals surface area contributed by atoms with E-state index >= 15 is 0 Å². The summed E-state index contributed by atoms with van der Waals surface area (Å²) < 4.78 is 14.2. The summed E-state index contributed by atoms with van der Waals surface area (Å²) in [6.45, 7) is 4.72. The van der Waals surface area contributed by atoms with Crippen molar-refractivity contribution < 1.29 is 4.39 Å². The van der Waals surface area contributed by atoms with E-state index < -0.39 is 0 Å². The summed E-state index contributed by atoms with van der Waals surface area (Å²) in [7, 11) is 0. The zero-order chi connectivity index (χ0) is 15.4. The molecule has 0 heterocycles. The van der Waals surface area contributed by atoms with Gasteiger partial charge in [-0.25, -0.2) is 4.39 Å². The fourth-order valence-electron chi connectivity index (χ4n) is 2.11. The SMILES string of the molecule is CCNC(C)c1c(F)cccc1Sc1cc(Cl)ccc1Cl. The average Bonchev–Trinajstić information content (AvgIpc) is 2.43. The first-order valence-electron chi connectivity index (χ1n) is 6.67. The second-order valence-corrected chi connectivity index (χ2v) is 6.54. The Morgan fingerprint density at radius 1 is 1.19 bits per heavy atom. The van der Waals surface area contributed by atoms with Crippen molar-refractivity contribution in [3.63, 3.8) is 0 Å². The highest BCUT2D eigenvalue weighted by atomic mass is 35.5. The fourth-order valence-corrected chi connectivity index (χ4v) is 3.70. The molecule has 0 radical (unpaired) electrons.